The summed E-state index contributed by atoms with van der Waals surface area (Å²) in [5.41, 5.74) is -4.61. The van der Waals surface area contributed by atoms with Crippen LogP contribution in [0.2, 0.25) is 0 Å². The summed E-state index contributed by atoms with van der Waals surface area (Å²) in [4.78, 5) is 0. The Labute approximate surface area is 110 Å². The van der Waals surface area contributed by atoms with Gasteiger partial charge in [0.25, 0.3) is 0 Å². The van der Waals surface area contributed by atoms with Crippen LogP contribution in [-0.4, -0.2) is 98.6 Å². The quantitative estimate of drug-likeness (QED) is 0.207. The molecule has 10 nitrogen and oxygen atoms in total. The molecule has 19 heavy (non-hydrogen) atoms. The van der Waals surface area contributed by atoms with Crippen LogP contribution in [0.5, 0.6) is 0 Å². The zero-order chi connectivity index (χ0) is 15.3. The summed E-state index contributed by atoms with van der Waals surface area (Å²) in [5.74, 6) is 0. The minimum absolute atomic E-state index is 0.0764. The molecule has 0 saturated heterocycles. The van der Waals surface area contributed by atoms with Crippen molar-refractivity contribution in [2.24, 2.45) is 0 Å². The van der Waals surface area contributed by atoms with E-state index in [-0.39, 0.29) is 4.31 Å². The summed E-state index contributed by atoms with van der Waals surface area (Å²) in [6.07, 6.45) is 0. The molecule has 0 fully saturated rings. The molecule has 0 aliphatic rings. The normalized spacial score (nSPS) is 14.1. The lowest BCUT2D eigenvalue weighted by molar-refractivity contribution is -0.101. The molecule has 0 aromatic carbocycles. The fourth-order valence-corrected chi connectivity index (χ4v) is 3.00. The topological polar surface area (TPSA) is 179 Å². The molecule has 0 unspecified atom stereocenters. The Balaban J connectivity index is 6.10. The van der Waals surface area contributed by atoms with Crippen molar-refractivity contribution in [3.05, 3.63) is 0 Å². The third-order valence-corrected chi connectivity index (χ3v) is 4.09. The lowest BCUT2D eigenvalue weighted by atomic mass is 9.94. The first-order valence-electron chi connectivity index (χ1n) is 5.16. The van der Waals surface area contributed by atoms with Crippen LogP contribution in [0.1, 0.15) is 0 Å². The molecular weight excluding hydrogens is 286 g/mol. The van der Waals surface area contributed by atoms with Crippen molar-refractivity contribution in [2.75, 3.05) is 39.6 Å². The summed E-state index contributed by atoms with van der Waals surface area (Å²) < 4.78 is 31.9. The minimum atomic E-state index is -5.18. The first-order chi connectivity index (χ1) is 8.73. The van der Waals surface area contributed by atoms with Crippen LogP contribution >= 0.6 is 0 Å². The highest BCUT2D eigenvalue weighted by Crippen LogP contribution is 2.28. The van der Waals surface area contributed by atoms with Crippen LogP contribution in [0.25, 0.3) is 0 Å². The Kier molecular flexibility index (Phi) is 6.74. The molecular formula is C8H19NO9S. The Bertz CT molecular complexity index is 326. The average molecular weight is 305 g/mol. The van der Waals surface area contributed by atoms with Gasteiger partial charge in [-0.1, -0.05) is 0 Å². The maximum absolute atomic E-state index is 11.4. The summed E-state index contributed by atoms with van der Waals surface area (Å²) in [5, 5.41) is 55.1. The van der Waals surface area contributed by atoms with E-state index in [9.17, 15) is 39.1 Å². The van der Waals surface area contributed by atoms with Crippen LogP contribution in [0.15, 0.2) is 0 Å². The van der Waals surface area contributed by atoms with Gasteiger partial charge in [-0.2, -0.15) is 12.7 Å². The SMILES string of the molecule is O=S(=O)(O)N(C(CO)(CO)CO)C(CO)(CO)CO. The van der Waals surface area contributed by atoms with Crippen LogP contribution in [0, 0.1) is 0 Å². The molecule has 0 spiro atoms. The van der Waals surface area contributed by atoms with Gasteiger partial charge in [-0.3, -0.25) is 4.55 Å². The lowest BCUT2D eigenvalue weighted by Crippen LogP contribution is -2.71. The number of hydrogen-bond acceptors (Lipinski definition) is 8. The highest BCUT2D eigenvalue weighted by atomic mass is 32.2. The van der Waals surface area contributed by atoms with Crippen molar-refractivity contribution in [3.63, 3.8) is 0 Å². The van der Waals surface area contributed by atoms with E-state index >= 15 is 0 Å². The van der Waals surface area contributed by atoms with Crippen molar-refractivity contribution in [1.82, 2.24) is 4.31 Å². The minimum Gasteiger partial charge on any atom is -0.394 e. The van der Waals surface area contributed by atoms with Gasteiger partial charge >= 0.3 is 10.3 Å². The number of aliphatic hydroxyl groups is 6. The van der Waals surface area contributed by atoms with Crippen LogP contribution in [0.3, 0.4) is 0 Å². The monoisotopic (exact) mass is 305 g/mol. The maximum atomic E-state index is 11.4. The van der Waals surface area contributed by atoms with Crippen LogP contribution < -0.4 is 0 Å². The predicted molar refractivity (Wildman–Crippen MR) is 61.4 cm³/mol. The Morgan fingerprint density at radius 2 is 0.895 bits per heavy atom. The second-order valence-corrected chi connectivity index (χ2v) is 5.40. The summed E-state index contributed by atoms with van der Waals surface area (Å²) in [6, 6.07) is 0. The summed E-state index contributed by atoms with van der Waals surface area (Å²) in [6.45, 7) is -6.74. The first kappa shape index (κ1) is 18.6. The highest BCUT2D eigenvalue weighted by molar-refractivity contribution is 7.83. The van der Waals surface area contributed by atoms with Gasteiger partial charge in [-0.05, 0) is 0 Å². The molecule has 0 amide bonds. The molecule has 0 aromatic rings. The van der Waals surface area contributed by atoms with E-state index in [4.69, 9.17) is 4.55 Å². The summed E-state index contributed by atoms with van der Waals surface area (Å²) >= 11 is 0. The summed E-state index contributed by atoms with van der Waals surface area (Å²) in [7, 11) is -5.18. The van der Waals surface area contributed by atoms with E-state index in [2.05, 4.69) is 0 Å². The number of hydrogen-bond donors (Lipinski definition) is 7. The predicted octanol–water partition coefficient (Wildman–Crippen LogP) is -4.48. The van der Waals surface area contributed by atoms with Gasteiger partial charge in [0, 0.05) is 0 Å². The fourth-order valence-electron chi connectivity index (χ4n) is 1.68. The number of nitrogens with zero attached hydrogens (tertiary/aromatic N) is 1. The zero-order valence-corrected chi connectivity index (χ0v) is 10.9. The van der Waals surface area contributed by atoms with Crippen molar-refractivity contribution >= 4 is 10.3 Å². The molecule has 0 aliphatic carbocycles. The van der Waals surface area contributed by atoms with Crippen molar-refractivity contribution in [2.45, 2.75) is 11.1 Å². The third-order valence-electron chi connectivity index (χ3n) is 2.86. The molecule has 0 aliphatic heterocycles. The van der Waals surface area contributed by atoms with Crippen molar-refractivity contribution in [3.8, 4) is 0 Å². The molecule has 0 saturated carbocycles. The standard InChI is InChI=1S/C8H19NO9S/c10-1-7(2-11,3-12)9(19(16,17)18)8(4-13,5-14)6-15/h10-15H,1-6H2,(H,16,17,18). The highest BCUT2D eigenvalue weighted by Gasteiger charge is 2.54. The van der Waals surface area contributed by atoms with Gasteiger partial charge in [0.2, 0.25) is 0 Å². The second-order valence-electron chi connectivity index (χ2n) is 4.14. The number of rotatable bonds is 9. The van der Waals surface area contributed by atoms with E-state index in [1.807, 2.05) is 0 Å². The van der Waals surface area contributed by atoms with Gasteiger partial charge < -0.3 is 30.6 Å². The van der Waals surface area contributed by atoms with E-state index < -0.39 is 61.0 Å². The maximum Gasteiger partial charge on any atom is 0.337 e. The van der Waals surface area contributed by atoms with Gasteiger partial charge in [0.15, 0.2) is 0 Å². The molecule has 0 heterocycles. The van der Waals surface area contributed by atoms with Crippen molar-refractivity contribution in [1.29, 1.82) is 0 Å². The Morgan fingerprint density at radius 1 is 0.684 bits per heavy atom. The zero-order valence-electron chi connectivity index (χ0n) is 10.0. The molecule has 0 aromatic heterocycles. The smallest absolute Gasteiger partial charge is 0.337 e. The van der Waals surface area contributed by atoms with Crippen molar-refractivity contribution < 1.29 is 43.6 Å². The van der Waals surface area contributed by atoms with E-state index in [1.54, 1.807) is 0 Å². The average Bonchev–Trinajstić information content (AvgIpc) is 2.40. The number of aliphatic hydroxyl groups excluding tert-OH is 6. The third kappa shape index (κ3) is 3.39. The van der Waals surface area contributed by atoms with E-state index in [0.717, 1.165) is 0 Å². The largest absolute Gasteiger partial charge is 0.394 e. The van der Waals surface area contributed by atoms with E-state index in [0.29, 0.717) is 0 Å². The molecule has 0 radical (unpaired) electrons. The van der Waals surface area contributed by atoms with Gasteiger partial charge in [-0.15, -0.1) is 0 Å². The fraction of sp³-hybridized carbons (Fsp3) is 1.00. The second kappa shape index (κ2) is 6.88. The van der Waals surface area contributed by atoms with Crippen LogP contribution in [-0.2, 0) is 10.3 Å². The molecule has 7 N–H and O–H groups in total. The Morgan fingerprint density at radius 3 is 1.00 bits per heavy atom. The molecule has 0 rings (SSSR count). The molecule has 0 atom stereocenters. The molecule has 116 valence electrons. The Hall–Kier alpha value is -0.370. The van der Waals surface area contributed by atoms with Crippen LogP contribution in [0.4, 0.5) is 0 Å². The van der Waals surface area contributed by atoms with Gasteiger partial charge in [-0.25, -0.2) is 0 Å². The molecule has 0 bridgehead atoms. The first-order valence-corrected chi connectivity index (χ1v) is 6.56. The van der Waals surface area contributed by atoms with Gasteiger partial charge in [0.05, 0.1) is 39.6 Å². The lowest BCUT2D eigenvalue weighted by Gasteiger charge is -2.47. The molecule has 11 heteroatoms. The van der Waals surface area contributed by atoms with E-state index in [1.165, 1.54) is 0 Å². The van der Waals surface area contributed by atoms with Gasteiger partial charge in [0.1, 0.15) is 11.1 Å².